The number of hydrogen-bond acceptors (Lipinski definition) is 3. The summed E-state index contributed by atoms with van der Waals surface area (Å²) >= 11 is 11.6. The number of carbonyl (C=O) groups is 2. The molecule has 0 saturated heterocycles. The summed E-state index contributed by atoms with van der Waals surface area (Å²) in [6.45, 7) is 1.67. The number of benzene rings is 1. The van der Waals surface area contributed by atoms with E-state index in [9.17, 15) is 9.59 Å². The summed E-state index contributed by atoms with van der Waals surface area (Å²) in [5.74, 6) is -1.36. The van der Waals surface area contributed by atoms with Crippen molar-refractivity contribution in [2.75, 3.05) is 13.2 Å². The monoisotopic (exact) mass is 319 g/mol. The van der Waals surface area contributed by atoms with Gasteiger partial charge < -0.3 is 15.2 Å². The first-order chi connectivity index (χ1) is 9.40. The average molecular weight is 320 g/mol. The Hall–Kier alpha value is -1.46. The first kappa shape index (κ1) is 16.6. The molecule has 1 aromatic rings. The van der Waals surface area contributed by atoms with Crippen molar-refractivity contribution in [2.45, 2.75) is 13.3 Å². The molecule has 0 aromatic heterocycles. The van der Waals surface area contributed by atoms with E-state index in [4.69, 9.17) is 33.0 Å². The summed E-state index contributed by atoms with van der Waals surface area (Å²) in [6, 6.07) is 4.70. The summed E-state index contributed by atoms with van der Waals surface area (Å²) < 4.78 is 5.24. The van der Waals surface area contributed by atoms with E-state index in [0.717, 1.165) is 0 Å². The van der Waals surface area contributed by atoms with Crippen LogP contribution in [0.25, 0.3) is 0 Å². The largest absolute Gasteiger partial charge is 0.482 e. The van der Waals surface area contributed by atoms with Crippen molar-refractivity contribution < 1.29 is 19.4 Å². The molecule has 20 heavy (non-hydrogen) atoms. The van der Waals surface area contributed by atoms with Gasteiger partial charge in [-0.2, -0.15) is 0 Å². The van der Waals surface area contributed by atoms with Crippen LogP contribution in [-0.4, -0.2) is 30.1 Å². The molecule has 1 unspecified atom stereocenters. The van der Waals surface area contributed by atoms with Gasteiger partial charge in [-0.15, -0.1) is 0 Å². The molecule has 110 valence electrons. The molecule has 0 saturated carbocycles. The van der Waals surface area contributed by atoms with Crippen LogP contribution in [0.3, 0.4) is 0 Å². The Kier molecular flexibility index (Phi) is 6.61. The molecule has 1 atom stereocenters. The Morgan fingerprint density at radius 1 is 1.40 bits per heavy atom. The Morgan fingerprint density at radius 2 is 2.10 bits per heavy atom. The van der Waals surface area contributed by atoms with Gasteiger partial charge >= 0.3 is 5.97 Å². The molecule has 1 amide bonds. The fourth-order valence-corrected chi connectivity index (χ4v) is 1.80. The molecule has 5 nitrogen and oxygen atoms in total. The van der Waals surface area contributed by atoms with Gasteiger partial charge in [-0.1, -0.05) is 30.1 Å². The van der Waals surface area contributed by atoms with E-state index < -0.39 is 11.9 Å². The Bertz CT molecular complexity index is 493. The van der Waals surface area contributed by atoms with Crippen LogP contribution >= 0.6 is 23.2 Å². The quantitative estimate of drug-likeness (QED) is 0.810. The Morgan fingerprint density at radius 3 is 2.70 bits per heavy atom. The number of rotatable bonds is 7. The van der Waals surface area contributed by atoms with E-state index in [2.05, 4.69) is 5.32 Å². The third kappa shape index (κ3) is 5.67. The lowest BCUT2D eigenvalue weighted by Gasteiger charge is -2.10. The SMILES string of the molecule is CC(CCNC(=O)COc1ccc(Cl)cc1Cl)C(=O)O. The normalized spacial score (nSPS) is 11.8. The molecule has 1 aromatic carbocycles. The van der Waals surface area contributed by atoms with Crippen molar-refractivity contribution in [1.29, 1.82) is 0 Å². The molecule has 0 aliphatic carbocycles. The minimum atomic E-state index is -0.886. The molecule has 7 heteroatoms. The number of halogens is 2. The van der Waals surface area contributed by atoms with Crippen LogP contribution in [0.4, 0.5) is 0 Å². The van der Waals surface area contributed by atoms with Crippen LogP contribution in [0.2, 0.25) is 10.0 Å². The van der Waals surface area contributed by atoms with E-state index >= 15 is 0 Å². The van der Waals surface area contributed by atoms with Gasteiger partial charge in [0, 0.05) is 11.6 Å². The van der Waals surface area contributed by atoms with E-state index in [1.807, 2.05) is 0 Å². The highest BCUT2D eigenvalue weighted by molar-refractivity contribution is 6.35. The van der Waals surface area contributed by atoms with Gasteiger partial charge in [0.2, 0.25) is 0 Å². The maximum atomic E-state index is 11.5. The molecule has 0 aliphatic rings. The lowest BCUT2D eigenvalue weighted by molar-refractivity contribution is -0.141. The van der Waals surface area contributed by atoms with Crippen LogP contribution in [-0.2, 0) is 9.59 Å². The third-order valence-corrected chi connectivity index (χ3v) is 3.10. The molecule has 0 bridgehead atoms. The van der Waals surface area contributed by atoms with Crippen LogP contribution in [0, 0.1) is 5.92 Å². The Balaban J connectivity index is 2.31. The molecular weight excluding hydrogens is 305 g/mol. The van der Waals surface area contributed by atoms with Crippen LogP contribution < -0.4 is 10.1 Å². The fraction of sp³-hybridized carbons (Fsp3) is 0.385. The van der Waals surface area contributed by atoms with Gasteiger partial charge in [-0.05, 0) is 24.6 Å². The van der Waals surface area contributed by atoms with Gasteiger partial charge in [-0.25, -0.2) is 0 Å². The van der Waals surface area contributed by atoms with Crippen molar-refractivity contribution in [1.82, 2.24) is 5.32 Å². The fourth-order valence-electron chi connectivity index (χ4n) is 1.34. The van der Waals surface area contributed by atoms with Gasteiger partial charge in [0.25, 0.3) is 5.91 Å². The number of hydrogen-bond donors (Lipinski definition) is 2. The minimum absolute atomic E-state index is 0.192. The smallest absolute Gasteiger partial charge is 0.306 e. The third-order valence-electron chi connectivity index (χ3n) is 2.57. The molecule has 0 aliphatic heterocycles. The number of ether oxygens (including phenoxy) is 1. The minimum Gasteiger partial charge on any atom is -0.482 e. The van der Waals surface area contributed by atoms with Gasteiger partial charge in [0.05, 0.1) is 10.9 Å². The molecule has 0 radical (unpaired) electrons. The van der Waals surface area contributed by atoms with Crippen molar-refractivity contribution in [2.24, 2.45) is 5.92 Å². The average Bonchev–Trinajstić information content (AvgIpc) is 2.37. The number of carboxylic acids is 1. The number of carboxylic acid groups (broad SMARTS) is 1. The van der Waals surface area contributed by atoms with Crippen LogP contribution in [0.15, 0.2) is 18.2 Å². The lowest BCUT2D eigenvalue weighted by Crippen LogP contribution is -2.31. The molecule has 0 fully saturated rings. The topological polar surface area (TPSA) is 75.6 Å². The second-order valence-corrected chi connectivity index (χ2v) is 5.08. The Labute approximate surface area is 126 Å². The molecule has 0 heterocycles. The summed E-state index contributed by atoms with van der Waals surface area (Å²) in [5, 5.41) is 12.1. The summed E-state index contributed by atoms with van der Waals surface area (Å²) in [7, 11) is 0. The summed E-state index contributed by atoms with van der Waals surface area (Å²) in [4.78, 5) is 22.1. The molecule has 0 spiro atoms. The predicted molar refractivity (Wildman–Crippen MR) is 76.4 cm³/mol. The highest BCUT2D eigenvalue weighted by Gasteiger charge is 2.11. The van der Waals surface area contributed by atoms with Crippen molar-refractivity contribution >= 4 is 35.1 Å². The first-order valence-electron chi connectivity index (χ1n) is 5.97. The summed E-state index contributed by atoms with van der Waals surface area (Å²) in [5.41, 5.74) is 0. The zero-order valence-electron chi connectivity index (χ0n) is 10.9. The number of amides is 1. The highest BCUT2D eigenvalue weighted by atomic mass is 35.5. The van der Waals surface area contributed by atoms with Gasteiger partial charge in [0.15, 0.2) is 6.61 Å². The number of aliphatic carboxylic acids is 1. The van der Waals surface area contributed by atoms with Crippen molar-refractivity contribution in [3.05, 3.63) is 28.2 Å². The van der Waals surface area contributed by atoms with Gasteiger partial charge in [-0.3, -0.25) is 9.59 Å². The number of nitrogens with one attached hydrogen (secondary N) is 1. The van der Waals surface area contributed by atoms with E-state index in [-0.39, 0.29) is 19.1 Å². The second-order valence-electron chi connectivity index (χ2n) is 4.24. The standard InChI is InChI=1S/C13H15Cl2NO4/c1-8(13(18)19)4-5-16-12(17)7-20-11-3-2-9(14)6-10(11)15/h2-3,6,8H,4-5,7H2,1H3,(H,16,17)(H,18,19). The van der Waals surface area contributed by atoms with Crippen molar-refractivity contribution in [3.63, 3.8) is 0 Å². The van der Waals surface area contributed by atoms with Crippen LogP contribution in [0.1, 0.15) is 13.3 Å². The highest BCUT2D eigenvalue weighted by Crippen LogP contribution is 2.27. The second kappa shape index (κ2) is 7.97. The van der Waals surface area contributed by atoms with E-state index in [1.165, 1.54) is 6.07 Å². The predicted octanol–water partition coefficient (Wildman–Crippen LogP) is 2.60. The first-order valence-corrected chi connectivity index (χ1v) is 6.73. The maximum Gasteiger partial charge on any atom is 0.306 e. The summed E-state index contributed by atoms with van der Waals surface area (Å²) in [6.07, 6.45) is 0.364. The van der Waals surface area contributed by atoms with Gasteiger partial charge in [0.1, 0.15) is 5.75 Å². The van der Waals surface area contributed by atoms with E-state index in [0.29, 0.717) is 22.2 Å². The molecule has 1 rings (SSSR count). The zero-order chi connectivity index (χ0) is 15.1. The number of carbonyl (C=O) groups excluding carboxylic acids is 1. The van der Waals surface area contributed by atoms with Crippen molar-refractivity contribution in [3.8, 4) is 5.75 Å². The molecule has 2 N–H and O–H groups in total. The lowest BCUT2D eigenvalue weighted by atomic mass is 10.1. The van der Waals surface area contributed by atoms with Crippen LogP contribution in [0.5, 0.6) is 5.75 Å². The maximum absolute atomic E-state index is 11.5. The van der Waals surface area contributed by atoms with E-state index in [1.54, 1.807) is 19.1 Å². The zero-order valence-corrected chi connectivity index (χ0v) is 12.4. The molecular formula is C13H15Cl2NO4.